The molecular formula is C18H18N2O3S. The van der Waals surface area contributed by atoms with Crippen molar-refractivity contribution in [2.24, 2.45) is 0 Å². The quantitative estimate of drug-likeness (QED) is 0.792. The van der Waals surface area contributed by atoms with Crippen molar-refractivity contribution < 1.29 is 13.2 Å². The Morgan fingerprint density at radius 1 is 1.08 bits per heavy atom. The van der Waals surface area contributed by atoms with Crippen LogP contribution in [0.15, 0.2) is 59.5 Å². The number of anilines is 1. The molecule has 0 saturated carbocycles. The Hall–Kier alpha value is -2.60. The molecule has 5 nitrogen and oxygen atoms in total. The lowest BCUT2D eigenvalue weighted by Gasteiger charge is -2.10. The van der Waals surface area contributed by atoms with Crippen molar-refractivity contribution in [3.05, 3.63) is 60.3 Å². The monoisotopic (exact) mass is 342 g/mol. The van der Waals surface area contributed by atoms with E-state index in [-0.39, 0.29) is 17.3 Å². The molecule has 24 heavy (non-hydrogen) atoms. The van der Waals surface area contributed by atoms with Crippen LogP contribution in [0.1, 0.15) is 5.69 Å². The summed E-state index contributed by atoms with van der Waals surface area (Å²) in [6.07, 6.45) is 1.14. The first-order valence-electron chi connectivity index (χ1n) is 7.49. The second kappa shape index (κ2) is 6.13. The molecule has 0 saturated heterocycles. The van der Waals surface area contributed by atoms with E-state index in [0.29, 0.717) is 5.69 Å². The molecule has 1 heterocycles. The Morgan fingerprint density at radius 2 is 1.83 bits per heavy atom. The van der Waals surface area contributed by atoms with Gasteiger partial charge in [0.2, 0.25) is 5.91 Å². The molecule has 3 rings (SSSR count). The van der Waals surface area contributed by atoms with Gasteiger partial charge in [0, 0.05) is 23.2 Å². The fourth-order valence-corrected chi connectivity index (χ4v) is 3.37. The minimum Gasteiger partial charge on any atom is -0.335 e. The standard InChI is InChI=1S/C18H18N2O3S/c1-13-10-14-6-3-4-9-17(14)20(13)12-18(21)19-15-7-5-8-16(11-15)24(2,22)23/h3-11H,12H2,1-2H3,(H,19,21). The summed E-state index contributed by atoms with van der Waals surface area (Å²) in [6, 6.07) is 16.2. The van der Waals surface area contributed by atoms with E-state index in [9.17, 15) is 13.2 Å². The Balaban J connectivity index is 1.82. The lowest BCUT2D eigenvalue weighted by Crippen LogP contribution is -2.19. The summed E-state index contributed by atoms with van der Waals surface area (Å²) in [5.41, 5.74) is 2.46. The van der Waals surface area contributed by atoms with E-state index in [1.807, 2.05) is 41.8 Å². The van der Waals surface area contributed by atoms with E-state index >= 15 is 0 Å². The molecule has 0 radical (unpaired) electrons. The normalized spacial score (nSPS) is 11.6. The Morgan fingerprint density at radius 3 is 2.58 bits per heavy atom. The maximum Gasteiger partial charge on any atom is 0.244 e. The van der Waals surface area contributed by atoms with Crippen LogP contribution in [0.2, 0.25) is 0 Å². The van der Waals surface area contributed by atoms with Gasteiger partial charge in [0.25, 0.3) is 0 Å². The van der Waals surface area contributed by atoms with Crippen molar-refractivity contribution >= 4 is 32.3 Å². The molecule has 0 spiro atoms. The summed E-state index contributed by atoms with van der Waals surface area (Å²) in [4.78, 5) is 12.5. The van der Waals surface area contributed by atoms with Crippen LogP contribution in [0.5, 0.6) is 0 Å². The van der Waals surface area contributed by atoms with Gasteiger partial charge in [0.05, 0.1) is 4.90 Å². The van der Waals surface area contributed by atoms with E-state index in [2.05, 4.69) is 5.32 Å². The maximum atomic E-state index is 12.4. The molecule has 3 aromatic rings. The number of para-hydroxylation sites is 1. The number of hydrogen-bond acceptors (Lipinski definition) is 3. The number of aryl methyl sites for hydroxylation is 1. The molecule has 6 heteroatoms. The van der Waals surface area contributed by atoms with Crippen LogP contribution < -0.4 is 5.32 Å². The summed E-state index contributed by atoms with van der Waals surface area (Å²) in [6.45, 7) is 2.13. The fraction of sp³-hybridized carbons (Fsp3) is 0.167. The second-order valence-corrected chi connectivity index (χ2v) is 7.79. The van der Waals surface area contributed by atoms with Crippen LogP contribution >= 0.6 is 0 Å². The zero-order chi connectivity index (χ0) is 17.3. The summed E-state index contributed by atoms with van der Waals surface area (Å²) in [5, 5.41) is 3.85. The van der Waals surface area contributed by atoms with Gasteiger partial charge in [-0.15, -0.1) is 0 Å². The molecule has 0 atom stereocenters. The van der Waals surface area contributed by atoms with E-state index < -0.39 is 9.84 Å². The van der Waals surface area contributed by atoms with Gasteiger partial charge < -0.3 is 9.88 Å². The largest absolute Gasteiger partial charge is 0.335 e. The van der Waals surface area contributed by atoms with Gasteiger partial charge >= 0.3 is 0 Å². The van der Waals surface area contributed by atoms with Gasteiger partial charge in [-0.2, -0.15) is 0 Å². The number of carbonyl (C=O) groups is 1. The average molecular weight is 342 g/mol. The highest BCUT2D eigenvalue weighted by Gasteiger charge is 2.11. The SMILES string of the molecule is Cc1cc2ccccc2n1CC(=O)Nc1cccc(S(C)(=O)=O)c1. The third-order valence-electron chi connectivity index (χ3n) is 3.87. The van der Waals surface area contributed by atoms with Crippen LogP contribution in [-0.2, 0) is 21.2 Å². The number of sulfone groups is 1. The van der Waals surface area contributed by atoms with Crippen molar-refractivity contribution in [3.63, 3.8) is 0 Å². The van der Waals surface area contributed by atoms with E-state index in [4.69, 9.17) is 0 Å². The van der Waals surface area contributed by atoms with Crippen molar-refractivity contribution in [1.82, 2.24) is 4.57 Å². The third-order valence-corrected chi connectivity index (χ3v) is 4.98. The predicted molar refractivity (Wildman–Crippen MR) is 94.9 cm³/mol. The van der Waals surface area contributed by atoms with Crippen LogP contribution in [0.4, 0.5) is 5.69 Å². The Kier molecular flexibility index (Phi) is 4.15. The first-order chi connectivity index (χ1) is 11.3. The van der Waals surface area contributed by atoms with E-state index in [0.717, 1.165) is 22.9 Å². The summed E-state index contributed by atoms with van der Waals surface area (Å²) in [5.74, 6) is -0.204. The van der Waals surface area contributed by atoms with Crippen LogP contribution in [0.3, 0.4) is 0 Å². The number of fused-ring (bicyclic) bond motifs is 1. The molecule has 0 aliphatic carbocycles. The number of carbonyl (C=O) groups excluding carboxylic acids is 1. The topological polar surface area (TPSA) is 68.2 Å². The molecule has 0 fully saturated rings. The van der Waals surface area contributed by atoms with E-state index in [1.54, 1.807) is 12.1 Å². The van der Waals surface area contributed by atoms with Crippen molar-refractivity contribution in [2.75, 3.05) is 11.6 Å². The zero-order valence-corrected chi connectivity index (χ0v) is 14.3. The minimum absolute atomic E-state index is 0.169. The zero-order valence-electron chi connectivity index (χ0n) is 13.5. The number of benzene rings is 2. The number of hydrogen-bond donors (Lipinski definition) is 1. The molecular weight excluding hydrogens is 324 g/mol. The van der Waals surface area contributed by atoms with Crippen LogP contribution in [0.25, 0.3) is 10.9 Å². The first-order valence-corrected chi connectivity index (χ1v) is 9.38. The molecule has 1 aromatic heterocycles. The molecule has 124 valence electrons. The lowest BCUT2D eigenvalue weighted by molar-refractivity contribution is -0.116. The third kappa shape index (κ3) is 3.33. The summed E-state index contributed by atoms with van der Waals surface area (Å²) >= 11 is 0. The number of amides is 1. The van der Waals surface area contributed by atoms with Crippen molar-refractivity contribution in [3.8, 4) is 0 Å². The molecule has 0 aliphatic rings. The minimum atomic E-state index is -3.30. The van der Waals surface area contributed by atoms with Gasteiger partial charge in [-0.25, -0.2) is 8.42 Å². The Bertz CT molecular complexity index is 1020. The van der Waals surface area contributed by atoms with Gasteiger partial charge in [0.1, 0.15) is 6.54 Å². The van der Waals surface area contributed by atoms with Crippen LogP contribution in [-0.4, -0.2) is 25.1 Å². The summed E-state index contributed by atoms with van der Waals surface area (Å²) < 4.78 is 25.1. The lowest BCUT2D eigenvalue weighted by atomic mass is 10.2. The highest BCUT2D eigenvalue weighted by Crippen LogP contribution is 2.20. The number of aromatic nitrogens is 1. The predicted octanol–water partition coefficient (Wildman–Crippen LogP) is 2.99. The molecule has 0 bridgehead atoms. The second-order valence-electron chi connectivity index (χ2n) is 5.78. The van der Waals surface area contributed by atoms with Gasteiger partial charge in [0.15, 0.2) is 9.84 Å². The molecule has 0 unspecified atom stereocenters. The van der Waals surface area contributed by atoms with Gasteiger partial charge in [-0.1, -0.05) is 24.3 Å². The summed E-state index contributed by atoms with van der Waals surface area (Å²) in [7, 11) is -3.30. The highest BCUT2D eigenvalue weighted by atomic mass is 32.2. The average Bonchev–Trinajstić information content (AvgIpc) is 2.83. The van der Waals surface area contributed by atoms with Crippen molar-refractivity contribution in [2.45, 2.75) is 18.4 Å². The first kappa shape index (κ1) is 16.3. The number of rotatable bonds is 4. The Labute approximate surface area is 140 Å². The smallest absolute Gasteiger partial charge is 0.244 e. The van der Waals surface area contributed by atoms with Crippen molar-refractivity contribution in [1.29, 1.82) is 0 Å². The highest BCUT2D eigenvalue weighted by molar-refractivity contribution is 7.90. The molecule has 1 N–H and O–H groups in total. The molecule has 0 aliphatic heterocycles. The van der Waals surface area contributed by atoms with E-state index in [1.165, 1.54) is 12.1 Å². The maximum absolute atomic E-state index is 12.4. The van der Waals surface area contributed by atoms with Gasteiger partial charge in [-0.05, 0) is 42.6 Å². The van der Waals surface area contributed by atoms with Gasteiger partial charge in [-0.3, -0.25) is 4.79 Å². The molecule has 1 amide bonds. The number of nitrogens with zero attached hydrogens (tertiary/aromatic N) is 1. The molecule has 2 aromatic carbocycles. The van der Waals surface area contributed by atoms with Crippen LogP contribution in [0, 0.1) is 6.92 Å². The fourth-order valence-electron chi connectivity index (χ4n) is 2.71. The number of nitrogens with one attached hydrogen (secondary N) is 1.